The third kappa shape index (κ3) is 4.46. The Kier molecular flexibility index (Phi) is 6.12. The number of fused-ring (bicyclic) bond motifs is 3. The van der Waals surface area contributed by atoms with Crippen LogP contribution in [0.15, 0.2) is 60.7 Å². The first-order valence-corrected chi connectivity index (χ1v) is 11.4. The number of carbonyl (C=O) groups excluding carboxylic acids is 1. The van der Waals surface area contributed by atoms with Crippen LogP contribution in [0.3, 0.4) is 0 Å². The molecule has 1 unspecified atom stereocenters. The van der Waals surface area contributed by atoms with E-state index >= 15 is 0 Å². The van der Waals surface area contributed by atoms with Gasteiger partial charge in [0, 0.05) is 23.1 Å². The van der Waals surface area contributed by atoms with Crippen molar-refractivity contribution in [1.29, 1.82) is 0 Å². The number of carbonyl (C=O) groups is 1. The maximum Gasteiger partial charge on any atom is 0.416 e. The number of nitrogens with one attached hydrogen (secondary N) is 1. The Bertz CT molecular complexity index is 1540. The Balaban J connectivity index is 1.69. The number of hydrogen-bond acceptors (Lipinski definition) is 2. The van der Waals surface area contributed by atoms with E-state index in [0.29, 0.717) is 35.2 Å². The number of H-pyrrole nitrogens is 1. The van der Waals surface area contributed by atoms with E-state index in [4.69, 9.17) is 4.74 Å². The summed E-state index contributed by atoms with van der Waals surface area (Å²) in [6.07, 6.45) is -9.28. The van der Waals surface area contributed by atoms with Gasteiger partial charge in [-0.2, -0.15) is 26.3 Å². The van der Waals surface area contributed by atoms with E-state index in [2.05, 4.69) is 4.98 Å². The molecule has 0 saturated carbocycles. The number of benzene rings is 3. The Morgan fingerprint density at radius 2 is 1.66 bits per heavy atom. The van der Waals surface area contributed by atoms with E-state index < -0.39 is 46.8 Å². The van der Waals surface area contributed by atoms with Gasteiger partial charge < -0.3 is 14.6 Å². The van der Waals surface area contributed by atoms with Gasteiger partial charge >= 0.3 is 12.4 Å². The molecule has 0 saturated heterocycles. The Morgan fingerprint density at radius 1 is 0.947 bits per heavy atom. The fourth-order valence-electron chi connectivity index (χ4n) is 4.87. The highest BCUT2D eigenvalue weighted by Gasteiger charge is 2.39. The van der Waals surface area contributed by atoms with Gasteiger partial charge in [0.05, 0.1) is 29.8 Å². The summed E-state index contributed by atoms with van der Waals surface area (Å²) < 4.78 is 101. The lowest BCUT2D eigenvalue weighted by atomic mass is 9.90. The number of hydrogen-bond donors (Lipinski definition) is 1. The van der Waals surface area contributed by atoms with Crippen molar-refractivity contribution in [3.63, 3.8) is 0 Å². The number of ether oxygens (including phenoxy) is 1. The molecular weight excluding hydrogens is 517 g/mol. The molecule has 1 aliphatic rings. The molecule has 1 atom stereocenters. The maximum absolute atomic E-state index is 14.7. The van der Waals surface area contributed by atoms with Crippen LogP contribution in [0.5, 0.6) is 5.75 Å². The second kappa shape index (κ2) is 9.07. The molecule has 0 spiro atoms. The number of nitrogens with zero attached hydrogens (tertiary/aromatic N) is 1. The van der Waals surface area contributed by atoms with Crippen LogP contribution in [0.1, 0.15) is 44.3 Å². The lowest BCUT2D eigenvalue weighted by Crippen LogP contribution is -2.41. The van der Waals surface area contributed by atoms with E-state index in [1.807, 2.05) is 0 Å². The second-order valence-corrected chi connectivity index (χ2v) is 8.90. The third-order valence-electron chi connectivity index (χ3n) is 6.65. The minimum Gasteiger partial charge on any atom is -0.497 e. The van der Waals surface area contributed by atoms with Crippen molar-refractivity contribution >= 4 is 16.8 Å². The van der Waals surface area contributed by atoms with E-state index in [9.17, 15) is 35.5 Å². The van der Waals surface area contributed by atoms with Crippen molar-refractivity contribution in [2.24, 2.45) is 0 Å². The minimum absolute atomic E-state index is 0.0695. The zero-order chi connectivity index (χ0) is 27.4. The predicted molar refractivity (Wildman–Crippen MR) is 124 cm³/mol. The van der Waals surface area contributed by atoms with Gasteiger partial charge in [-0.3, -0.25) is 4.79 Å². The fraction of sp³-hybridized carbons (Fsp3) is 0.222. The molecule has 198 valence electrons. The number of aromatic nitrogens is 1. The monoisotopic (exact) mass is 536 g/mol. The van der Waals surface area contributed by atoms with Crippen LogP contribution in [-0.2, 0) is 18.8 Å². The average Bonchev–Trinajstić information content (AvgIpc) is 3.24. The van der Waals surface area contributed by atoms with E-state index in [0.717, 1.165) is 28.0 Å². The average molecular weight is 536 g/mol. The summed E-state index contributed by atoms with van der Waals surface area (Å²) in [5.41, 5.74) is -1.19. The van der Waals surface area contributed by atoms with E-state index in [-0.39, 0.29) is 18.5 Å². The number of halogens is 7. The van der Waals surface area contributed by atoms with Gasteiger partial charge in [0.2, 0.25) is 0 Å². The van der Waals surface area contributed by atoms with Gasteiger partial charge in [-0.05, 0) is 66.1 Å². The molecule has 38 heavy (non-hydrogen) atoms. The number of rotatable bonds is 3. The minimum atomic E-state index is -4.82. The molecule has 1 amide bonds. The molecule has 5 rings (SSSR count). The van der Waals surface area contributed by atoms with Crippen LogP contribution in [0.4, 0.5) is 30.7 Å². The quantitative estimate of drug-likeness (QED) is 0.283. The lowest BCUT2D eigenvalue weighted by Gasteiger charge is -2.36. The number of aromatic amines is 1. The molecule has 1 aliphatic heterocycles. The summed E-state index contributed by atoms with van der Waals surface area (Å²) in [5.74, 6) is -1.70. The second-order valence-electron chi connectivity index (χ2n) is 8.90. The van der Waals surface area contributed by atoms with Crippen molar-refractivity contribution in [3.8, 4) is 5.75 Å². The fourth-order valence-corrected chi connectivity index (χ4v) is 4.87. The summed E-state index contributed by atoms with van der Waals surface area (Å²) in [6.45, 7) is -0.0768. The SMILES string of the molecule is COc1ccc2[nH]c3c(c2c1)CCN(C(=O)c1cc(C(F)(F)F)ccc1F)C3c1cccc(C(F)(F)F)c1. The normalized spacial score (nSPS) is 16.0. The van der Waals surface area contributed by atoms with Gasteiger partial charge in [-0.25, -0.2) is 4.39 Å². The summed E-state index contributed by atoms with van der Waals surface area (Å²) in [4.78, 5) is 17.8. The molecule has 0 bridgehead atoms. The van der Waals surface area contributed by atoms with Crippen molar-refractivity contribution in [2.75, 3.05) is 13.7 Å². The molecule has 0 aliphatic carbocycles. The lowest BCUT2D eigenvalue weighted by molar-refractivity contribution is -0.138. The van der Waals surface area contributed by atoms with Gasteiger partial charge in [0.1, 0.15) is 11.6 Å². The highest BCUT2D eigenvalue weighted by Crippen LogP contribution is 2.42. The molecule has 1 N–H and O–H groups in total. The summed E-state index contributed by atoms with van der Waals surface area (Å²) >= 11 is 0. The van der Waals surface area contributed by atoms with Crippen molar-refractivity contribution in [2.45, 2.75) is 24.8 Å². The van der Waals surface area contributed by atoms with Crippen LogP contribution in [0.2, 0.25) is 0 Å². The van der Waals surface area contributed by atoms with Crippen molar-refractivity contribution < 1.29 is 40.3 Å². The van der Waals surface area contributed by atoms with E-state index in [1.165, 1.54) is 19.2 Å². The van der Waals surface area contributed by atoms with E-state index in [1.54, 1.807) is 18.2 Å². The van der Waals surface area contributed by atoms with Crippen molar-refractivity contribution in [3.05, 3.63) is 100.0 Å². The van der Waals surface area contributed by atoms with Crippen molar-refractivity contribution in [1.82, 2.24) is 9.88 Å². The van der Waals surface area contributed by atoms with Crippen LogP contribution in [-0.4, -0.2) is 29.4 Å². The van der Waals surface area contributed by atoms with Crippen LogP contribution < -0.4 is 4.74 Å². The predicted octanol–water partition coefficient (Wildman–Crippen LogP) is 7.14. The molecule has 1 aromatic heterocycles. The number of alkyl halides is 6. The largest absolute Gasteiger partial charge is 0.497 e. The standard InChI is InChI=1S/C27H19F7N2O2/c1-38-17-6-8-22-19(13-17)18-9-10-36(25(37)20-12-16(27(32,33)34)5-7-21(20)28)24(23(18)35-22)14-3-2-4-15(11-14)26(29,30)31/h2-8,11-13,24,35H,9-10H2,1H3. The molecule has 3 aromatic carbocycles. The van der Waals surface area contributed by atoms with Crippen LogP contribution >= 0.6 is 0 Å². The van der Waals surface area contributed by atoms with Crippen LogP contribution in [0.25, 0.3) is 10.9 Å². The van der Waals surface area contributed by atoms with Gasteiger partial charge in [-0.15, -0.1) is 0 Å². The highest BCUT2D eigenvalue weighted by atomic mass is 19.4. The van der Waals surface area contributed by atoms with Gasteiger partial charge in [0.15, 0.2) is 0 Å². The zero-order valence-corrected chi connectivity index (χ0v) is 19.7. The molecule has 4 aromatic rings. The molecule has 4 nitrogen and oxygen atoms in total. The smallest absolute Gasteiger partial charge is 0.416 e. The molecule has 2 heterocycles. The van der Waals surface area contributed by atoms with Crippen LogP contribution in [0, 0.1) is 5.82 Å². The maximum atomic E-state index is 14.7. The zero-order valence-electron chi connectivity index (χ0n) is 19.7. The molecular formula is C27H19F7N2O2. The molecule has 0 fully saturated rings. The Labute approximate surface area is 211 Å². The first kappa shape index (κ1) is 25.6. The Hall–Kier alpha value is -4.02. The van der Waals surface area contributed by atoms with Gasteiger partial charge in [-0.1, -0.05) is 12.1 Å². The number of amides is 1. The topological polar surface area (TPSA) is 45.3 Å². The third-order valence-corrected chi connectivity index (χ3v) is 6.65. The Morgan fingerprint density at radius 3 is 2.34 bits per heavy atom. The molecule has 11 heteroatoms. The highest BCUT2D eigenvalue weighted by molar-refractivity contribution is 5.96. The summed E-state index contributed by atoms with van der Waals surface area (Å²) in [6, 6.07) is 9.84. The first-order chi connectivity index (χ1) is 17.9. The molecule has 0 radical (unpaired) electrons. The van der Waals surface area contributed by atoms with Gasteiger partial charge in [0.25, 0.3) is 5.91 Å². The first-order valence-electron chi connectivity index (χ1n) is 11.4. The summed E-state index contributed by atoms with van der Waals surface area (Å²) in [7, 11) is 1.48. The summed E-state index contributed by atoms with van der Waals surface area (Å²) in [5, 5.41) is 0.730. The number of methoxy groups -OCH3 is 1.